The number of rotatable bonds is 5. The molecular weight excluding hydrogens is 436 g/mol. The Morgan fingerprint density at radius 3 is 2.37 bits per heavy atom. The van der Waals surface area contributed by atoms with Crippen molar-refractivity contribution < 1.29 is 13.9 Å². The summed E-state index contributed by atoms with van der Waals surface area (Å²) in [5.41, 5.74) is 0.378. The maximum atomic E-state index is 13.8. The van der Waals surface area contributed by atoms with Crippen LogP contribution in [0.15, 0.2) is 48.5 Å². The van der Waals surface area contributed by atoms with E-state index in [2.05, 4.69) is 16.0 Å². The van der Waals surface area contributed by atoms with Crippen molar-refractivity contribution in [3.8, 4) is 5.75 Å². The van der Waals surface area contributed by atoms with Crippen molar-refractivity contribution in [2.45, 2.75) is 9.96 Å². The molecule has 0 aliphatic heterocycles. The fraction of sp³-hybridized carbons (Fsp3) is 0.176. The molecule has 1 atom stereocenters. The topological polar surface area (TPSA) is 62.4 Å². The Morgan fingerprint density at radius 1 is 1.11 bits per heavy atom. The number of carbonyl (C=O) groups excluding carboxylic acids is 1. The maximum absolute atomic E-state index is 13.8. The summed E-state index contributed by atoms with van der Waals surface area (Å²) >= 11 is 23.0. The summed E-state index contributed by atoms with van der Waals surface area (Å²) < 4.78 is 17.0. The molecule has 0 aliphatic carbocycles. The summed E-state index contributed by atoms with van der Waals surface area (Å²) in [7, 11) is 1.51. The number of thiocarbonyl (C=S) groups is 1. The van der Waals surface area contributed by atoms with Crippen LogP contribution in [-0.2, 0) is 0 Å². The van der Waals surface area contributed by atoms with Gasteiger partial charge in [0.25, 0.3) is 5.91 Å². The van der Waals surface area contributed by atoms with E-state index in [1.165, 1.54) is 25.3 Å². The Hall–Kier alpha value is -1.80. The van der Waals surface area contributed by atoms with Crippen molar-refractivity contribution in [3.05, 3.63) is 59.9 Å². The van der Waals surface area contributed by atoms with E-state index in [1.54, 1.807) is 24.3 Å². The van der Waals surface area contributed by atoms with E-state index in [-0.39, 0.29) is 10.7 Å². The smallest absolute Gasteiger partial charge is 0.255 e. The highest BCUT2D eigenvalue weighted by molar-refractivity contribution is 7.80. The number of para-hydroxylation sites is 2. The molecule has 2 aromatic carbocycles. The number of hydrogen-bond donors (Lipinski definition) is 3. The van der Waals surface area contributed by atoms with Gasteiger partial charge in [0.15, 0.2) is 5.11 Å². The number of benzene rings is 2. The number of alkyl halides is 3. The van der Waals surface area contributed by atoms with Crippen molar-refractivity contribution >= 4 is 63.7 Å². The Balaban J connectivity index is 2.12. The zero-order chi connectivity index (χ0) is 20.0. The molecule has 0 spiro atoms. The maximum Gasteiger partial charge on any atom is 0.255 e. The molecule has 2 aromatic rings. The molecular formula is C17H15Cl3FN3O2S. The predicted octanol–water partition coefficient (Wildman–Crippen LogP) is 4.25. The van der Waals surface area contributed by atoms with Gasteiger partial charge >= 0.3 is 0 Å². The minimum atomic E-state index is -1.96. The van der Waals surface area contributed by atoms with Gasteiger partial charge in [-0.15, -0.1) is 0 Å². The van der Waals surface area contributed by atoms with Crippen LogP contribution in [0.5, 0.6) is 5.75 Å². The molecule has 2 rings (SSSR count). The quantitative estimate of drug-likeness (QED) is 0.361. The lowest BCUT2D eigenvalue weighted by atomic mass is 10.2. The molecule has 0 bridgehead atoms. The number of nitrogens with one attached hydrogen (secondary N) is 3. The van der Waals surface area contributed by atoms with Gasteiger partial charge in [0.2, 0.25) is 3.79 Å². The van der Waals surface area contributed by atoms with E-state index >= 15 is 0 Å². The summed E-state index contributed by atoms with van der Waals surface area (Å²) in [4.78, 5) is 12.3. The van der Waals surface area contributed by atoms with Gasteiger partial charge in [-0.25, -0.2) is 4.39 Å². The number of ether oxygens (including phenoxy) is 1. The van der Waals surface area contributed by atoms with Gasteiger partial charge in [0.1, 0.15) is 17.7 Å². The molecule has 1 amide bonds. The second-order valence-electron chi connectivity index (χ2n) is 5.23. The first-order valence-electron chi connectivity index (χ1n) is 7.55. The van der Waals surface area contributed by atoms with Gasteiger partial charge in [0, 0.05) is 0 Å². The summed E-state index contributed by atoms with van der Waals surface area (Å²) in [5.74, 6) is -0.924. The Kier molecular flexibility index (Phi) is 7.49. The van der Waals surface area contributed by atoms with Crippen LogP contribution in [0, 0.1) is 5.82 Å². The molecule has 10 heteroatoms. The SMILES string of the molecule is COc1ccccc1NC(=S)N[C@@H](NC(=O)c1ccccc1F)C(Cl)(Cl)Cl. The van der Waals surface area contributed by atoms with Crippen molar-refractivity contribution in [3.63, 3.8) is 0 Å². The minimum absolute atomic E-state index is 0.0599. The van der Waals surface area contributed by atoms with E-state index in [0.717, 1.165) is 6.07 Å². The van der Waals surface area contributed by atoms with E-state index in [0.29, 0.717) is 11.4 Å². The molecule has 0 aliphatic rings. The van der Waals surface area contributed by atoms with Gasteiger partial charge in [0.05, 0.1) is 18.4 Å². The number of methoxy groups -OCH3 is 1. The molecule has 0 saturated heterocycles. The molecule has 0 heterocycles. The van der Waals surface area contributed by atoms with Crippen LogP contribution in [0.4, 0.5) is 10.1 Å². The fourth-order valence-electron chi connectivity index (χ4n) is 2.09. The first-order chi connectivity index (χ1) is 12.7. The highest BCUT2D eigenvalue weighted by Gasteiger charge is 2.35. The zero-order valence-corrected chi connectivity index (χ0v) is 17.0. The van der Waals surface area contributed by atoms with Crippen molar-refractivity contribution in [2.75, 3.05) is 12.4 Å². The van der Waals surface area contributed by atoms with Crippen molar-refractivity contribution in [1.82, 2.24) is 10.6 Å². The average molecular weight is 451 g/mol. The highest BCUT2D eigenvalue weighted by Crippen LogP contribution is 2.30. The lowest BCUT2D eigenvalue weighted by Gasteiger charge is -2.28. The van der Waals surface area contributed by atoms with Crippen LogP contribution in [-0.4, -0.2) is 28.1 Å². The molecule has 0 saturated carbocycles. The molecule has 0 aromatic heterocycles. The highest BCUT2D eigenvalue weighted by atomic mass is 35.6. The average Bonchev–Trinajstić information content (AvgIpc) is 2.61. The number of carbonyl (C=O) groups is 1. The summed E-state index contributed by atoms with van der Waals surface area (Å²) in [6.45, 7) is 0. The molecule has 0 fully saturated rings. The van der Waals surface area contributed by atoms with Gasteiger partial charge in [-0.2, -0.15) is 0 Å². The molecule has 5 nitrogen and oxygen atoms in total. The monoisotopic (exact) mass is 449 g/mol. The predicted molar refractivity (Wildman–Crippen MR) is 110 cm³/mol. The van der Waals surface area contributed by atoms with Gasteiger partial charge < -0.3 is 20.7 Å². The normalized spacial score (nSPS) is 12.0. The number of halogens is 4. The lowest BCUT2D eigenvalue weighted by molar-refractivity contribution is 0.0930. The lowest BCUT2D eigenvalue weighted by Crippen LogP contribution is -2.56. The minimum Gasteiger partial charge on any atom is -0.495 e. The number of hydrogen-bond acceptors (Lipinski definition) is 3. The third-order valence-electron chi connectivity index (χ3n) is 3.35. The second-order valence-corrected chi connectivity index (χ2v) is 8.00. The number of anilines is 1. The molecule has 3 N–H and O–H groups in total. The van der Waals surface area contributed by atoms with Crippen LogP contribution in [0.3, 0.4) is 0 Å². The van der Waals surface area contributed by atoms with Crippen molar-refractivity contribution in [2.24, 2.45) is 0 Å². The van der Waals surface area contributed by atoms with Crippen LogP contribution in [0.2, 0.25) is 0 Å². The molecule has 27 heavy (non-hydrogen) atoms. The van der Waals surface area contributed by atoms with E-state index in [9.17, 15) is 9.18 Å². The summed E-state index contributed by atoms with van der Waals surface area (Å²) in [6, 6.07) is 12.5. The first-order valence-corrected chi connectivity index (χ1v) is 9.09. The van der Waals surface area contributed by atoms with E-state index in [4.69, 9.17) is 51.8 Å². The third kappa shape index (κ3) is 6.10. The largest absolute Gasteiger partial charge is 0.495 e. The third-order valence-corrected chi connectivity index (χ3v) is 4.23. The Morgan fingerprint density at radius 2 is 1.74 bits per heavy atom. The van der Waals surface area contributed by atoms with E-state index < -0.39 is 21.7 Å². The van der Waals surface area contributed by atoms with Crippen LogP contribution < -0.4 is 20.7 Å². The molecule has 0 unspecified atom stereocenters. The van der Waals surface area contributed by atoms with Crippen LogP contribution >= 0.6 is 47.0 Å². The second kappa shape index (κ2) is 9.41. The summed E-state index contributed by atoms with van der Waals surface area (Å²) in [5, 5.41) is 8.05. The van der Waals surface area contributed by atoms with Gasteiger partial charge in [-0.1, -0.05) is 59.1 Å². The van der Waals surface area contributed by atoms with E-state index in [1.807, 2.05) is 0 Å². The van der Waals surface area contributed by atoms with Gasteiger partial charge in [-0.05, 0) is 36.5 Å². The zero-order valence-electron chi connectivity index (χ0n) is 13.9. The van der Waals surface area contributed by atoms with Crippen LogP contribution in [0.25, 0.3) is 0 Å². The van der Waals surface area contributed by atoms with Crippen LogP contribution in [0.1, 0.15) is 10.4 Å². The molecule has 144 valence electrons. The first kappa shape index (κ1) is 21.5. The summed E-state index contributed by atoms with van der Waals surface area (Å²) in [6.07, 6.45) is -1.23. The fourth-order valence-corrected chi connectivity index (χ4v) is 2.65. The molecule has 0 radical (unpaired) electrons. The number of amides is 1. The van der Waals surface area contributed by atoms with Crippen molar-refractivity contribution in [1.29, 1.82) is 0 Å². The Labute approximate surface area is 176 Å². The standard InChI is InChI=1S/C17H15Cl3FN3O2S/c1-26-13-9-5-4-8-12(13)22-16(27)24-15(17(18,19)20)23-14(25)10-6-2-3-7-11(10)21/h2-9,15H,1H3,(H,23,25)(H2,22,24,27)/t15-/m1/s1. The van der Waals surface area contributed by atoms with Gasteiger partial charge in [-0.3, -0.25) is 4.79 Å². The Bertz CT molecular complexity index is 833.